The number of benzene rings is 2. The molecule has 1 unspecified atom stereocenters. The Morgan fingerprint density at radius 1 is 1.08 bits per heavy atom. The van der Waals surface area contributed by atoms with Gasteiger partial charge in [-0.1, -0.05) is 42.5 Å². The van der Waals surface area contributed by atoms with E-state index in [0.717, 1.165) is 0 Å². The molecule has 24 heavy (non-hydrogen) atoms. The van der Waals surface area contributed by atoms with Crippen molar-refractivity contribution < 1.29 is 22.7 Å². The van der Waals surface area contributed by atoms with E-state index in [1.54, 1.807) is 30.3 Å². The lowest BCUT2D eigenvalue weighted by atomic mass is 9.95. The monoisotopic (exact) mass is 347 g/mol. The molecule has 7 heteroatoms. The second-order valence-corrected chi connectivity index (χ2v) is 6.93. The summed E-state index contributed by atoms with van der Waals surface area (Å²) in [5.74, 6) is -0.775. The van der Waals surface area contributed by atoms with E-state index < -0.39 is 21.5 Å². The normalized spacial score (nSPS) is 13.8. The van der Waals surface area contributed by atoms with Crippen molar-refractivity contribution in [3.8, 4) is 0 Å². The molecule has 0 radical (unpaired) electrons. The van der Waals surface area contributed by atoms with Gasteiger partial charge in [0.1, 0.15) is 11.8 Å². The molecule has 6 nitrogen and oxygen atoms in total. The molecule has 0 aliphatic rings. The SMILES string of the molecule is COC(=O)c1ccccc1S(=O)(=O)NC(C)(C=O)c1ccccc1. The summed E-state index contributed by atoms with van der Waals surface area (Å²) in [6, 6.07) is 14.1. The van der Waals surface area contributed by atoms with Gasteiger partial charge >= 0.3 is 5.97 Å². The number of aldehydes is 1. The van der Waals surface area contributed by atoms with Crippen molar-refractivity contribution >= 4 is 22.3 Å². The number of ether oxygens (including phenoxy) is 1. The number of hydrogen-bond acceptors (Lipinski definition) is 5. The first-order chi connectivity index (χ1) is 11.3. The van der Waals surface area contributed by atoms with Gasteiger partial charge in [-0.25, -0.2) is 13.2 Å². The van der Waals surface area contributed by atoms with Crippen LogP contribution in [0, 0.1) is 0 Å². The highest BCUT2D eigenvalue weighted by atomic mass is 32.2. The van der Waals surface area contributed by atoms with Gasteiger partial charge in [0.2, 0.25) is 10.0 Å². The number of carbonyl (C=O) groups is 2. The van der Waals surface area contributed by atoms with Crippen LogP contribution in [0.2, 0.25) is 0 Å². The Balaban J connectivity index is 2.49. The highest BCUT2D eigenvalue weighted by Gasteiger charge is 2.34. The van der Waals surface area contributed by atoms with E-state index in [-0.39, 0.29) is 10.5 Å². The lowest BCUT2D eigenvalue weighted by Gasteiger charge is -2.25. The van der Waals surface area contributed by atoms with Crippen molar-refractivity contribution in [1.29, 1.82) is 0 Å². The fourth-order valence-corrected chi connectivity index (χ4v) is 3.78. The maximum Gasteiger partial charge on any atom is 0.339 e. The Hall–Kier alpha value is -2.51. The summed E-state index contributed by atoms with van der Waals surface area (Å²) in [5, 5.41) is 0. The van der Waals surface area contributed by atoms with Gasteiger partial charge in [0, 0.05) is 0 Å². The van der Waals surface area contributed by atoms with Gasteiger partial charge in [-0.15, -0.1) is 0 Å². The van der Waals surface area contributed by atoms with Crippen molar-refractivity contribution in [2.24, 2.45) is 0 Å². The summed E-state index contributed by atoms with van der Waals surface area (Å²) in [6.45, 7) is 1.45. The van der Waals surface area contributed by atoms with Crippen molar-refractivity contribution in [1.82, 2.24) is 4.72 Å². The van der Waals surface area contributed by atoms with E-state index in [9.17, 15) is 18.0 Å². The fraction of sp³-hybridized carbons (Fsp3) is 0.176. The average molecular weight is 347 g/mol. The molecule has 0 saturated heterocycles. The summed E-state index contributed by atoms with van der Waals surface area (Å²) in [6.07, 6.45) is 0.515. The highest BCUT2D eigenvalue weighted by Crippen LogP contribution is 2.23. The molecule has 0 saturated carbocycles. The van der Waals surface area contributed by atoms with Gasteiger partial charge < -0.3 is 9.53 Å². The minimum atomic E-state index is -4.15. The van der Waals surface area contributed by atoms with Crippen LogP contribution >= 0.6 is 0 Å². The molecule has 126 valence electrons. The van der Waals surface area contributed by atoms with Gasteiger partial charge in [-0.05, 0) is 24.6 Å². The quantitative estimate of drug-likeness (QED) is 0.636. The molecule has 0 aliphatic heterocycles. The Morgan fingerprint density at radius 3 is 2.25 bits per heavy atom. The molecule has 0 spiro atoms. The van der Waals surface area contributed by atoms with Crippen LogP contribution < -0.4 is 4.72 Å². The number of carbonyl (C=O) groups excluding carboxylic acids is 2. The van der Waals surface area contributed by atoms with Crippen LogP contribution in [0.3, 0.4) is 0 Å². The van der Waals surface area contributed by atoms with E-state index in [4.69, 9.17) is 0 Å². The Labute approximate surface area is 140 Å². The third-order valence-corrected chi connectivity index (χ3v) is 5.17. The molecule has 0 bridgehead atoms. The first-order valence-electron chi connectivity index (χ1n) is 7.07. The van der Waals surface area contributed by atoms with Crippen LogP contribution in [0.5, 0.6) is 0 Å². The predicted molar refractivity (Wildman–Crippen MR) is 88.0 cm³/mol. The third-order valence-electron chi connectivity index (χ3n) is 3.54. The first kappa shape index (κ1) is 17.8. The van der Waals surface area contributed by atoms with Crippen LogP contribution in [0.4, 0.5) is 0 Å². The molecule has 1 N–H and O–H groups in total. The largest absolute Gasteiger partial charge is 0.465 e. The summed E-state index contributed by atoms with van der Waals surface area (Å²) >= 11 is 0. The Bertz CT molecular complexity index is 848. The lowest BCUT2D eigenvalue weighted by molar-refractivity contribution is -0.112. The van der Waals surface area contributed by atoms with Gasteiger partial charge in [-0.3, -0.25) is 0 Å². The Kier molecular flexibility index (Phi) is 5.16. The topological polar surface area (TPSA) is 89.5 Å². The molecule has 0 fully saturated rings. The van der Waals surface area contributed by atoms with E-state index in [2.05, 4.69) is 9.46 Å². The van der Waals surface area contributed by atoms with E-state index in [1.807, 2.05) is 0 Å². The molecule has 2 aromatic carbocycles. The van der Waals surface area contributed by atoms with Gasteiger partial charge in [0.15, 0.2) is 0 Å². The average Bonchev–Trinajstić information content (AvgIpc) is 2.61. The molecule has 0 heterocycles. The van der Waals surface area contributed by atoms with Crippen molar-refractivity contribution in [2.75, 3.05) is 7.11 Å². The van der Waals surface area contributed by atoms with Gasteiger partial charge in [0.05, 0.1) is 17.6 Å². The van der Waals surface area contributed by atoms with Crippen LogP contribution in [-0.4, -0.2) is 27.8 Å². The van der Waals surface area contributed by atoms with Crippen LogP contribution in [-0.2, 0) is 25.1 Å². The van der Waals surface area contributed by atoms with Crippen molar-refractivity contribution in [3.63, 3.8) is 0 Å². The number of rotatable bonds is 6. The van der Waals surface area contributed by atoms with E-state index in [0.29, 0.717) is 11.8 Å². The molecule has 1 atom stereocenters. The van der Waals surface area contributed by atoms with Crippen LogP contribution in [0.1, 0.15) is 22.8 Å². The second-order valence-electron chi connectivity index (χ2n) is 5.28. The first-order valence-corrected chi connectivity index (χ1v) is 8.55. The number of hydrogen-bond donors (Lipinski definition) is 1. The second kappa shape index (κ2) is 6.94. The van der Waals surface area contributed by atoms with Crippen molar-refractivity contribution in [3.05, 3.63) is 65.7 Å². The minimum Gasteiger partial charge on any atom is -0.465 e. The summed E-state index contributed by atoms with van der Waals surface area (Å²) < 4.78 is 32.5. The molecule has 0 aliphatic carbocycles. The summed E-state index contributed by atoms with van der Waals surface area (Å²) in [7, 11) is -2.98. The van der Waals surface area contributed by atoms with Crippen LogP contribution in [0.25, 0.3) is 0 Å². The summed E-state index contributed by atoms with van der Waals surface area (Å²) in [5.41, 5.74) is -1.09. The smallest absolute Gasteiger partial charge is 0.339 e. The molecule has 0 amide bonds. The molecule has 2 rings (SSSR count). The predicted octanol–water partition coefficient (Wildman–Crippen LogP) is 1.87. The number of nitrogens with one attached hydrogen (secondary N) is 1. The minimum absolute atomic E-state index is 0.103. The zero-order chi connectivity index (χ0) is 17.8. The molecule has 0 aromatic heterocycles. The molecular formula is C17H17NO5S. The van der Waals surface area contributed by atoms with Crippen molar-refractivity contribution in [2.45, 2.75) is 17.4 Å². The molecule has 2 aromatic rings. The number of sulfonamides is 1. The summed E-state index contributed by atoms with van der Waals surface area (Å²) in [4.78, 5) is 23.1. The third kappa shape index (κ3) is 3.52. The molecular weight excluding hydrogens is 330 g/mol. The lowest BCUT2D eigenvalue weighted by Crippen LogP contribution is -2.45. The Morgan fingerprint density at radius 2 is 1.67 bits per heavy atom. The van der Waals surface area contributed by atoms with Gasteiger partial charge in [0.25, 0.3) is 0 Å². The van der Waals surface area contributed by atoms with E-state index >= 15 is 0 Å². The standard InChI is InChI=1S/C17H17NO5S/c1-17(12-19,13-8-4-3-5-9-13)18-24(21,22)15-11-7-6-10-14(15)16(20)23-2/h3-12,18H,1-2H3. The maximum absolute atomic E-state index is 12.7. The fourth-order valence-electron chi connectivity index (χ4n) is 2.25. The number of methoxy groups -OCH3 is 1. The van der Waals surface area contributed by atoms with E-state index in [1.165, 1.54) is 38.3 Å². The highest BCUT2D eigenvalue weighted by molar-refractivity contribution is 7.89. The zero-order valence-electron chi connectivity index (χ0n) is 13.2. The van der Waals surface area contributed by atoms with Gasteiger partial charge in [-0.2, -0.15) is 4.72 Å². The zero-order valence-corrected chi connectivity index (χ0v) is 14.0. The number of esters is 1. The van der Waals surface area contributed by atoms with Crippen LogP contribution in [0.15, 0.2) is 59.5 Å². The maximum atomic E-state index is 12.7.